The molecule has 0 atom stereocenters. The van der Waals surface area contributed by atoms with Gasteiger partial charge in [-0.05, 0) is 36.0 Å². The van der Waals surface area contributed by atoms with Gasteiger partial charge in [0.05, 0.1) is 5.56 Å². The summed E-state index contributed by atoms with van der Waals surface area (Å²) in [5, 5.41) is 12.6. The van der Waals surface area contributed by atoms with E-state index in [2.05, 4.69) is 91.0 Å². The smallest absolute Gasteiger partial charge is 0.335 e. The predicted molar refractivity (Wildman–Crippen MR) is 119 cm³/mol. The Labute approximate surface area is 166 Å². The van der Waals surface area contributed by atoms with Gasteiger partial charge in [0.15, 0.2) is 0 Å². The largest absolute Gasteiger partial charge is 0.478 e. The molecule has 4 rings (SSSR count). The number of carboxylic acids is 1. The molecule has 0 aliphatic rings. The van der Waals surface area contributed by atoms with Crippen molar-refractivity contribution in [3.8, 4) is 0 Å². The average molecular weight is 384 g/mol. The maximum Gasteiger partial charge on any atom is 0.335 e. The Balaban J connectivity index is 0.000000211. The van der Waals surface area contributed by atoms with Crippen molar-refractivity contribution >= 4 is 29.8 Å². The van der Waals surface area contributed by atoms with Crippen LogP contribution in [-0.2, 0) is 0 Å². The molecule has 0 aromatic heterocycles. The van der Waals surface area contributed by atoms with E-state index in [1.54, 1.807) is 30.3 Å². The molecule has 4 aromatic rings. The number of aromatic carboxylic acids is 1. The summed E-state index contributed by atoms with van der Waals surface area (Å²) >= 11 is 0. The molecule has 28 heavy (non-hydrogen) atoms. The Morgan fingerprint density at radius 3 is 1.04 bits per heavy atom. The summed E-state index contributed by atoms with van der Waals surface area (Å²) in [6.45, 7) is 0. The summed E-state index contributed by atoms with van der Waals surface area (Å²) in [6.07, 6.45) is 0. The zero-order valence-electron chi connectivity index (χ0n) is 15.3. The van der Waals surface area contributed by atoms with Gasteiger partial charge in [0.1, 0.15) is 0 Å². The number of carboxylic acid groups (broad SMARTS) is 1. The average Bonchev–Trinajstić information content (AvgIpc) is 2.77. The van der Waals surface area contributed by atoms with E-state index in [0.717, 1.165) is 0 Å². The van der Waals surface area contributed by atoms with E-state index < -0.39 is 13.9 Å². The second kappa shape index (κ2) is 10.2. The van der Waals surface area contributed by atoms with E-state index >= 15 is 0 Å². The first-order chi connectivity index (χ1) is 13.8. The van der Waals surface area contributed by atoms with Crippen molar-refractivity contribution in [2.75, 3.05) is 0 Å². The molecule has 0 heterocycles. The van der Waals surface area contributed by atoms with Gasteiger partial charge in [-0.15, -0.1) is 0 Å². The van der Waals surface area contributed by atoms with E-state index in [1.807, 2.05) is 0 Å². The molecule has 138 valence electrons. The van der Waals surface area contributed by atoms with Crippen molar-refractivity contribution < 1.29 is 9.90 Å². The Morgan fingerprint density at radius 1 is 0.500 bits per heavy atom. The monoisotopic (exact) mass is 384 g/mol. The Morgan fingerprint density at radius 2 is 0.786 bits per heavy atom. The summed E-state index contributed by atoms with van der Waals surface area (Å²) in [7, 11) is -0.446. The van der Waals surface area contributed by atoms with Crippen LogP contribution in [0.1, 0.15) is 10.4 Å². The van der Waals surface area contributed by atoms with Gasteiger partial charge in [0.2, 0.25) is 0 Å². The van der Waals surface area contributed by atoms with E-state index in [0.29, 0.717) is 5.56 Å². The topological polar surface area (TPSA) is 37.3 Å². The summed E-state index contributed by atoms with van der Waals surface area (Å²) in [4.78, 5) is 10.2. The Hall–Kier alpha value is -3.22. The van der Waals surface area contributed by atoms with Crippen molar-refractivity contribution in [3.63, 3.8) is 0 Å². The van der Waals surface area contributed by atoms with E-state index in [4.69, 9.17) is 5.11 Å². The highest BCUT2D eigenvalue weighted by molar-refractivity contribution is 7.79. The molecular weight excluding hydrogens is 363 g/mol. The first kappa shape index (κ1) is 19.5. The quantitative estimate of drug-likeness (QED) is 0.512. The van der Waals surface area contributed by atoms with Gasteiger partial charge in [-0.3, -0.25) is 0 Å². The summed E-state index contributed by atoms with van der Waals surface area (Å²) < 4.78 is 0. The van der Waals surface area contributed by atoms with Crippen LogP contribution in [0.15, 0.2) is 121 Å². The third-order valence-electron chi connectivity index (χ3n) is 4.06. The van der Waals surface area contributed by atoms with Crippen LogP contribution in [-0.4, -0.2) is 11.1 Å². The molecule has 3 heteroatoms. The van der Waals surface area contributed by atoms with Gasteiger partial charge >= 0.3 is 5.97 Å². The lowest BCUT2D eigenvalue weighted by molar-refractivity contribution is 0.0697. The van der Waals surface area contributed by atoms with Gasteiger partial charge in [0, 0.05) is 0 Å². The lowest BCUT2D eigenvalue weighted by Crippen LogP contribution is -2.20. The third-order valence-corrected chi connectivity index (χ3v) is 6.51. The molecule has 0 unspecified atom stereocenters. The first-order valence-corrected chi connectivity index (χ1v) is 10.3. The van der Waals surface area contributed by atoms with Crippen molar-refractivity contribution in [2.24, 2.45) is 0 Å². The number of benzene rings is 4. The van der Waals surface area contributed by atoms with Crippen LogP contribution in [0.5, 0.6) is 0 Å². The molecule has 0 bridgehead atoms. The fourth-order valence-corrected chi connectivity index (χ4v) is 5.06. The second-order valence-corrected chi connectivity index (χ2v) is 8.23. The molecule has 0 saturated carbocycles. The number of hydrogen-bond acceptors (Lipinski definition) is 1. The fraction of sp³-hybridized carbons (Fsp3) is 0. The standard InChI is InChI=1S/C18H15P.C7H6O2/c1-4-10-16(11-5-1)19(17-12-6-2-7-13-17)18-14-8-3-9-15-18;8-7(9)6-4-2-1-3-5-6/h1-15H;1-5H,(H,8,9). The summed E-state index contributed by atoms with van der Waals surface area (Å²) in [6, 6.07) is 40.6. The molecule has 0 spiro atoms. The van der Waals surface area contributed by atoms with Crippen LogP contribution in [0, 0.1) is 0 Å². The maximum atomic E-state index is 10.2. The molecular formula is C25H21O2P. The highest BCUT2D eigenvalue weighted by atomic mass is 31.1. The van der Waals surface area contributed by atoms with Crippen LogP contribution < -0.4 is 15.9 Å². The number of hydrogen-bond donors (Lipinski definition) is 1. The van der Waals surface area contributed by atoms with Crippen LogP contribution in [0.3, 0.4) is 0 Å². The fourth-order valence-electron chi connectivity index (χ4n) is 2.76. The van der Waals surface area contributed by atoms with Crippen molar-refractivity contribution in [3.05, 3.63) is 127 Å². The molecule has 0 saturated heterocycles. The number of carbonyl (C=O) groups is 1. The molecule has 0 aliphatic heterocycles. The Kier molecular flexibility index (Phi) is 7.12. The maximum absolute atomic E-state index is 10.2. The SMILES string of the molecule is O=C(O)c1ccccc1.c1ccc(P(c2ccccc2)c2ccccc2)cc1. The van der Waals surface area contributed by atoms with Crippen molar-refractivity contribution in [1.82, 2.24) is 0 Å². The molecule has 4 aromatic carbocycles. The lowest BCUT2D eigenvalue weighted by Gasteiger charge is -2.18. The predicted octanol–water partition coefficient (Wildman–Crippen LogP) is 4.83. The minimum Gasteiger partial charge on any atom is -0.478 e. The van der Waals surface area contributed by atoms with E-state index in [1.165, 1.54) is 15.9 Å². The molecule has 0 aliphatic carbocycles. The van der Waals surface area contributed by atoms with Crippen LogP contribution in [0.4, 0.5) is 0 Å². The Bertz CT molecular complexity index is 878. The van der Waals surface area contributed by atoms with Gasteiger partial charge in [0.25, 0.3) is 0 Å². The van der Waals surface area contributed by atoms with Gasteiger partial charge in [-0.2, -0.15) is 0 Å². The van der Waals surface area contributed by atoms with E-state index in [9.17, 15) is 4.79 Å². The second-order valence-electron chi connectivity index (χ2n) is 6.01. The highest BCUT2D eigenvalue weighted by Gasteiger charge is 2.14. The van der Waals surface area contributed by atoms with Gasteiger partial charge in [-0.1, -0.05) is 109 Å². The van der Waals surface area contributed by atoms with Crippen molar-refractivity contribution in [2.45, 2.75) is 0 Å². The lowest BCUT2D eigenvalue weighted by atomic mass is 10.2. The van der Waals surface area contributed by atoms with E-state index in [-0.39, 0.29) is 0 Å². The minimum absolute atomic E-state index is 0.331. The highest BCUT2D eigenvalue weighted by Crippen LogP contribution is 2.32. The van der Waals surface area contributed by atoms with Gasteiger partial charge in [-0.25, -0.2) is 4.79 Å². The van der Waals surface area contributed by atoms with Crippen LogP contribution in [0.2, 0.25) is 0 Å². The van der Waals surface area contributed by atoms with Crippen LogP contribution >= 0.6 is 7.92 Å². The van der Waals surface area contributed by atoms with Gasteiger partial charge < -0.3 is 5.11 Å². The van der Waals surface area contributed by atoms with Crippen molar-refractivity contribution in [1.29, 1.82) is 0 Å². The number of rotatable bonds is 4. The molecule has 1 N–H and O–H groups in total. The van der Waals surface area contributed by atoms with Crippen LogP contribution in [0.25, 0.3) is 0 Å². The third kappa shape index (κ3) is 5.39. The normalized spacial score (nSPS) is 10.0. The molecule has 2 nitrogen and oxygen atoms in total. The molecule has 0 fully saturated rings. The summed E-state index contributed by atoms with van der Waals surface area (Å²) in [5.41, 5.74) is 0.331. The zero-order valence-corrected chi connectivity index (χ0v) is 16.2. The molecule has 0 amide bonds. The molecule has 0 radical (unpaired) electrons. The zero-order chi connectivity index (χ0) is 19.6. The summed E-state index contributed by atoms with van der Waals surface area (Å²) in [5.74, 6) is -0.879. The first-order valence-electron chi connectivity index (χ1n) is 8.99. The minimum atomic E-state index is -0.879.